The monoisotopic (exact) mass is 308 g/mol. The number of rotatable bonds is 13. The topological polar surface area (TPSA) is 66.8 Å². The van der Waals surface area contributed by atoms with Gasteiger partial charge >= 0.3 is 7.82 Å². The van der Waals surface area contributed by atoms with Crippen molar-refractivity contribution in [1.82, 2.24) is 0 Å². The first-order valence-corrected chi connectivity index (χ1v) is 9.67. The van der Waals surface area contributed by atoms with Crippen molar-refractivity contribution in [3.63, 3.8) is 0 Å². The van der Waals surface area contributed by atoms with Gasteiger partial charge in [0, 0.05) is 0 Å². The Morgan fingerprint density at radius 1 is 0.900 bits per heavy atom. The van der Waals surface area contributed by atoms with Crippen molar-refractivity contribution < 1.29 is 18.9 Å². The molecule has 0 aliphatic carbocycles. The fourth-order valence-corrected chi connectivity index (χ4v) is 3.19. The molecule has 0 aromatic carbocycles. The molecule has 0 aliphatic heterocycles. The maximum Gasteiger partial charge on any atom is 0.469 e. The summed E-state index contributed by atoms with van der Waals surface area (Å²) in [6.07, 6.45) is 11.2. The molecule has 0 aromatic rings. The van der Waals surface area contributed by atoms with Crippen LogP contribution in [-0.2, 0) is 9.09 Å². The van der Waals surface area contributed by atoms with E-state index in [1.807, 2.05) is 0 Å². The lowest BCUT2D eigenvalue weighted by Gasteiger charge is -2.24. The summed E-state index contributed by atoms with van der Waals surface area (Å²) in [6.45, 7) is 6.16. The van der Waals surface area contributed by atoms with E-state index in [0.717, 1.165) is 25.7 Å². The lowest BCUT2D eigenvalue weighted by molar-refractivity contribution is 0.0907. The highest BCUT2D eigenvalue weighted by molar-refractivity contribution is 7.46. The number of hydrogen-bond acceptors (Lipinski definition) is 2. The van der Waals surface area contributed by atoms with Crippen LogP contribution in [0.5, 0.6) is 0 Å². The van der Waals surface area contributed by atoms with E-state index in [2.05, 4.69) is 13.8 Å². The Labute approximate surface area is 124 Å². The van der Waals surface area contributed by atoms with Crippen LogP contribution in [-0.4, -0.2) is 15.9 Å². The van der Waals surface area contributed by atoms with Crippen molar-refractivity contribution in [3.8, 4) is 0 Å². The van der Waals surface area contributed by atoms with Crippen LogP contribution in [0.1, 0.15) is 85.0 Å². The lowest BCUT2D eigenvalue weighted by Crippen LogP contribution is -2.20. The highest BCUT2D eigenvalue weighted by atomic mass is 31.2. The summed E-state index contributed by atoms with van der Waals surface area (Å²) in [5.74, 6) is 0.260. The second-order valence-electron chi connectivity index (χ2n) is 5.76. The average Bonchev–Trinajstić information content (AvgIpc) is 2.34. The van der Waals surface area contributed by atoms with Crippen molar-refractivity contribution >= 4 is 7.82 Å². The number of hydrogen-bond donors (Lipinski definition) is 2. The first-order valence-electron chi connectivity index (χ1n) is 8.14. The lowest BCUT2D eigenvalue weighted by atomic mass is 9.90. The molecule has 5 heteroatoms. The first-order chi connectivity index (χ1) is 9.40. The van der Waals surface area contributed by atoms with Crippen LogP contribution in [0.15, 0.2) is 0 Å². The van der Waals surface area contributed by atoms with Gasteiger partial charge in [-0.1, -0.05) is 65.2 Å². The minimum absolute atomic E-state index is 0.260. The summed E-state index contributed by atoms with van der Waals surface area (Å²) in [4.78, 5) is 17.9. The van der Waals surface area contributed by atoms with E-state index in [-0.39, 0.29) is 12.0 Å². The van der Waals surface area contributed by atoms with Crippen LogP contribution in [0.3, 0.4) is 0 Å². The second kappa shape index (κ2) is 11.7. The van der Waals surface area contributed by atoms with Crippen LogP contribution in [0.4, 0.5) is 0 Å². The van der Waals surface area contributed by atoms with Gasteiger partial charge in [-0.3, -0.25) is 4.52 Å². The van der Waals surface area contributed by atoms with Gasteiger partial charge < -0.3 is 9.79 Å². The Bertz CT molecular complexity index is 253. The Hall–Kier alpha value is 0.110. The summed E-state index contributed by atoms with van der Waals surface area (Å²) in [7, 11) is -4.37. The zero-order valence-electron chi connectivity index (χ0n) is 13.4. The summed E-state index contributed by atoms with van der Waals surface area (Å²) < 4.78 is 15.9. The molecular weight excluding hydrogens is 275 g/mol. The van der Waals surface area contributed by atoms with Crippen LogP contribution in [0.2, 0.25) is 0 Å². The van der Waals surface area contributed by atoms with Crippen LogP contribution < -0.4 is 0 Å². The second-order valence-corrected chi connectivity index (χ2v) is 6.95. The normalized spacial score (nSPS) is 13.9. The molecular formula is C15H33O4P. The van der Waals surface area contributed by atoms with Gasteiger partial charge in [0.2, 0.25) is 0 Å². The number of phosphoric ester groups is 1. The molecule has 0 aliphatic rings. The molecule has 1 unspecified atom stereocenters. The molecule has 0 heterocycles. The molecule has 2 N–H and O–H groups in total. The first kappa shape index (κ1) is 20.1. The fraction of sp³-hybridized carbons (Fsp3) is 1.00. The number of unbranched alkanes of at least 4 members (excludes halogenated alkanes) is 6. The van der Waals surface area contributed by atoms with Gasteiger partial charge in [0.25, 0.3) is 0 Å². The maximum absolute atomic E-state index is 11.0. The number of phosphoric acid groups is 1. The zero-order valence-corrected chi connectivity index (χ0v) is 14.3. The molecule has 4 nitrogen and oxygen atoms in total. The molecule has 0 saturated carbocycles. The molecule has 0 bridgehead atoms. The zero-order chi connectivity index (χ0) is 15.4. The van der Waals surface area contributed by atoms with Crippen molar-refractivity contribution in [1.29, 1.82) is 0 Å². The SMILES string of the molecule is CCCCCCC(CCCCCC)C(C)OP(=O)(O)O. The molecule has 122 valence electrons. The Kier molecular flexibility index (Phi) is 11.8. The minimum atomic E-state index is -4.37. The summed E-state index contributed by atoms with van der Waals surface area (Å²) in [6, 6.07) is 0. The third-order valence-electron chi connectivity index (χ3n) is 3.82. The van der Waals surface area contributed by atoms with Crippen molar-refractivity contribution in [3.05, 3.63) is 0 Å². The van der Waals surface area contributed by atoms with Gasteiger partial charge in [0.1, 0.15) is 0 Å². The van der Waals surface area contributed by atoms with Crippen LogP contribution in [0.25, 0.3) is 0 Å². The smallest absolute Gasteiger partial charge is 0.303 e. The van der Waals surface area contributed by atoms with Crippen molar-refractivity contribution in [2.75, 3.05) is 0 Å². The standard InChI is InChI=1S/C15H33O4P/c1-4-6-8-10-12-15(13-11-9-7-5-2)14(3)19-20(16,17)18/h14-15H,4-13H2,1-3H3,(H2,16,17,18). The maximum atomic E-state index is 11.0. The molecule has 0 rings (SSSR count). The molecule has 1 atom stereocenters. The van der Waals surface area contributed by atoms with E-state index < -0.39 is 7.82 Å². The fourth-order valence-electron chi connectivity index (χ4n) is 2.58. The molecule has 0 fully saturated rings. The van der Waals surface area contributed by atoms with E-state index in [1.54, 1.807) is 6.92 Å². The van der Waals surface area contributed by atoms with E-state index in [0.29, 0.717) is 0 Å². The largest absolute Gasteiger partial charge is 0.469 e. The van der Waals surface area contributed by atoms with Crippen LogP contribution in [0, 0.1) is 5.92 Å². The van der Waals surface area contributed by atoms with Gasteiger partial charge in [0.15, 0.2) is 0 Å². The Morgan fingerprint density at radius 2 is 1.35 bits per heavy atom. The van der Waals surface area contributed by atoms with Crippen LogP contribution >= 0.6 is 7.82 Å². The Balaban J connectivity index is 4.18. The highest BCUT2D eigenvalue weighted by Crippen LogP contribution is 2.40. The molecule has 20 heavy (non-hydrogen) atoms. The van der Waals surface area contributed by atoms with Gasteiger partial charge in [-0.15, -0.1) is 0 Å². The summed E-state index contributed by atoms with van der Waals surface area (Å²) >= 11 is 0. The van der Waals surface area contributed by atoms with E-state index in [9.17, 15) is 4.57 Å². The van der Waals surface area contributed by atoms with Crippen molar-refractivity contribution in [2.45, 2.75) is 91.1 Å². The van der Waals surface area contributed by atoms with Gasteiger partial charge in [-0.25, -0.2) is 4.57 Å². The third kappa shape index (κ3) is 11.9. The molecule has 0 saturated heterocycles. The van der Waals surface area contributed by atoms with E-state index in [4.69, 9.17) is 14.3 Å². The quantitative estimate of drug-likeness (QED) is 0.369. The van der Waals surface area contributed by atoms with Crippen molar-refractivity contribution in [2.24, 2.45) is 5.92 Å². The molecule has 0 radical (unpaired) electrons. The van der Waals surface area contributed by atoms with Gasteiger partial charge in [-0.05, 0) is 25.7 Å². The Morgan fingerprint density at radius 3 is 1.70 bits per heavy atom. The third-order valence-corrected chi connectivity index (χ3v) is 4.43. The van der Waals surface area contributed by atoms with E-state index in [1.165, 1.54) is 38.5 Å². The highest BCUT2D eigenvalue weighted by Gasteiger charge is 2.25. The van der Waals surface area contributed by atoms with E-state index >= 15 is 0 Å². The summed E-state index contributed by atoms with van der Waals surface area (Å²) in [5.41, 5.74) is 0. The summed E-state index contributed by atoms with van der Waals surface area (Å²) in [5, 5.41) is 0. The average molecular weight is 308 g/mol. The minimum Gasteiger partial charge on any atom is -0.303 e. The molecule has 0 amide bonds. The van der Waals surface area contributed by atoms with Gasteiger partial charge in [-0.2, -0.15) is 0 Å². The molecule has 0 aromatic heterocycles. The predicted octanol–water partition coefficient (Wildman–Crippen LogP) is 5.04. The van der Waals surface area contributed by atoms with Gasteiger partial charge in [0.05, 0.1) is 6.10 Å². The predicted molar refractivity (Wildman–Crippen MR) is 83.6 cm³/mol. The molecule has 0 spiro atoms.